The summed E-state index contributed by atoms with van der Waals surface area (Å²) in [5.41, 5.74) is 0. The molecule has 2 rings (SSSR count). The van der Waals surface area contributed by atoms with E-state index in [1.165, 1.54) is 25.7 Å². The Bertz CT molecular complexity index is 320. The van der Waals surface area contributed by atoms with Gasteiger partial charge < -0.3 is 24.1 Å². The first-order valence-electron chi connectivity index (χ1n) is 8.25. The van der Waals surface area contributed by atoms with Gasteiger partial charge in [-0.05, 0) is 27.2 Å². The molecule has 2 aliphatic rings. The monoisotopic (exact) mass is 302 g/mol. The number of unbranched alkanes of at least 4 members (excludes halogenated alkanes) is 4. The van der Waals surface area contributed by atoms with E-state index in [1.54, 1.807) is 0 Å². The largest absolute Gasteiger partial charge is 0.387 e. The van der Waals surface area contributed by atoms with Crippen LogP contribution in [0.5, 0.6) is 0 Å². The first-order chi connectivity index (χ1) is 9.94. The lowest BCUT2D eigenvalue weighted by atomic mass is 10.1. The Morgan fingerprint density at radius 2 is 1.86 bits per heavy atom. The number of ether oxygens (including phenoxy) is 4. The van der Waals surface area contributed by atoms with Gasteiger partial charge in [-0.15, -0.1) is 0 Å². The van der Waals surface area contributed by atoms with E-state index in [0.29, 0.717) is 6.61 Å². The maximum Gasteiger partial charge on any atom is 0.190 e. The summed E-state index contributed by atoms with van der Waals surface area (Å²) in [5.74, 6) is -0.690. The van der Waals surface area contributed by atoms with Crippen molar-refractivity contribution in [3.05, 3.63) is 0 Å². The zero-order valence-corrected chi connectivity index (χ0v) is 13.7. The molecule has 1 N–H and O–H groups in total. The van der Waals surface area contributed by atoms with Crippen LogP contribution in [0.15, 0.2) is 0 Å². The molecule has 0 amide bonds. The van der Waals surface area contributed by atoms with Crippen LogP contribution in [0, 0.1) is 0 Å². The van der Waals surface area contributed by atoms with Crippen LogP contribution in [0.3, 0.4) is 0 Å². The van der Waals surface area contributed by atoms with Crippen LogP contribution in [0.25, 0.3) is 0 Å². The fourth-order valence-corrected chi connectivity index (χ4v) is 2.97. The minimum atomic E-state index is -0.702. The second-order valence-electron chi connectivity index (χ2n) is 6.55. The molecule has 2 heterocycles. The predicted octanol–water partition coefficient (Wildman–Crippen LogP) is 2.60. The highest BCUT2D eigenvalue weighted by atomic mass is 16.8. The smallest absolute Gasteiger partial charge is 0.190 e. The van der Waals surface area contributed by atoms with Gasteiger partial charge in [0.05, 0.1) is 6.10 Å². The fourth-order valence-electron chi connectivity index (χ4n) is 2.97. The Morgan fingerprint density at radius 1 is 1.14 bits per heavy atom. The molecule has 2 saturated heterocycles. The van der Waals surface area contributed by atoms with Crippen molar-refractivity contribution >= 4 is 0 Å². The van der Waals surface area contributed by atoms with Gasteiger partial charge in [0.25, 0.3) is 0 Å². The predicted molar refractivity (Wildman–Crippen MR) is 78.9 cm³/mol. The number of fused-ring (bicyclic) bond motifs is 1. The van der Waals surface area contributed by atoms with Gasteiger partial charge in [0.2, 0.25) is 0 Å². The van der Waals surface area contributed by atoms with Gasteiger partial charge in [-0.1, -0.05) is 32.6 Å². The summed E-state index contributed by atoms with van der Waals surface area (Å²) in [7, 11) is 0. The Balaban J connectivity index is 1.69. The number of aliphatic hydroxyl groups excluding tert-OH is 1. The van der Waals surface area contributed by atoms with Crippen molar-refractivity contribution in [3.63, 3.8) is 0 Å². The highest BCUT2D eigenvalue weighted by Crippen LogP contribution is 2.38. The summed E-state index contributed by atoms with van der Waals surface area (Å²) in [6.07, 6.45) is 3.89. The lowest BCUT2D eigenvalue weighted by Crippen LogP contribution is -2.40. The molecule has 2 fully saturated rings. The molecule has 0 aromatic heterocycles. The Morgan fingerprint density at radius 3 is 2.52 bits per heavy atom. The summed E-state index contributed by atoms with van der Waals surface area (Å²) < 4.78 is 22.9. The van der Waals surface area contributed by atoms with Crippen molar-refractivity contribution in [1.29, 1.82) is 0 Å². The topological polar surface area (TPSA) is 57.2 Å². The molecule has 0 bridgehead atoms. The lowest BCUT2D eigenvalue weighted by molar-refractivity contribution is -0.227. The zero-order chi connectivity index (χ0) is 15.5. The van der Waals surface area contributed by atoms with Crippen molar-refractivity contribution in [2.45, 2.75) is 96.3 Å². The van der Waals surface area contributed by atoms with E-state index in [4.69, 9.17) is 18.9 Å². The first kappa shape index (κ1) is 17.2. The number of hydrogen-bond donors (Lipinski definition) is 1. The molecule has 21 heavy (non-hydrogen) atoms. The molecule has 5 heteroatoms. The molecule has 0 aliphatic carbocycles. The molecule has 0 spiro atoms. The maximum absolute atomic E-state index is 10.3. The second-order valence-corrected chi connectivity index (χ2v) is 6.55. The van der Waals surface area contributed by atoms with E-state index in [-0.39, 0.29) is 12.2 Å². The lowest BCUT2D eigenvalue weighted by Gasteiger charge is -2.26. The van der Waals surface area contributed by atoms with Crippen LogP contribution in [0.4, 0.5) is 0 Å². The molecule has 5 nitrogen and oxygen atoms in total. The molecular weight excluding hydrogens is 272 g/mol. The van der Waals surface area contributed by atoms with Crippen LogP contribution in [0.2, 0.25) is 0 Å². The molecule has 0 saturated carbocycles. The summed E-state index contributed by atoms with van der Waals surface area (Å²) in [6, 6.07) is 0. The normalized spacial score (nSPS) is 35.9. The van der Waals surface area contributed by atoms with Gasteiger partial charge in [-0.25, -0.2) is 0 Å². The van der Waals surface area contributed by atoms with E-state index in [0.717, 1.165) is 6.42 Å². The molecule has 0 unspecified atom stereocenters. The van der Waals surface area contributed by atoms with Crippen molar-refractivity contribution in [3.8, 4) is 0 Å². The van der Waals surface area contributed by atoms with Gasteiger partial charge >= 0.3 is 0 Å². The van der Waals surface area contributed by atoms with Gasteiger partial charge in [0, 0.05) is 6.61 Å². The van der Waals surface area contributed by atoms with Crippen molar-refractivity contribution in [2.75, 3.05) is 6.61 Å². The van der Waals surface area contributed by atoms with Gasteiger partial charge in [0.15, 0.2) is 12.1 Å². The van der Waals surface area contributed by atoms with E-state index in [2.05, 4.69) is 6.92 Å². The van der Waals surface area contributed by atoms with E-state index < -0.39 is 24.3 Å². The molecular formula is C16H30O5. The van der Waals surface area contributed by atoms with E-state index in [1.807, 2.05) is 20.8 Å². The van der Waals surface area contributed by atoms with Crippen LogP contribution in [-0.4, -0.2) is 48.2 Å². The average Bonchev–Trinajstić information content (AvgIpc) is 2.87. The summed E-state index contributed by atoms with van der Waals surface area (Å²) in [5, 5.41) is 10.3. The quantitative estimate of drug-likeness (QED) is 0.698. The van der Waals surface area contributed by atoms with Crippen molar-refractivity contribution in [1.82, 2.24) is 0 Å². The molecule has 2 aliphatic heterocycles. The van der Waals surface area contributed by atoms with Crippen molar-refractivity contribution < 1.29 is 24.1 Å². The maximum atomic E-state index is 10.3. The first-order valence-corrected chi connectivity index (χ1v) is 8.25. The highest BCUT2D eigenvalue weighted by molar-refractivity contribution is 4.95. The third-order valence-electron chi connectivity index (χ3n) is 4.14. The van der Waals surface area contributed by atoms with E-state index >= 15 is 0 Å². The van der Waals surface area contributed by atoms with Gasteiger partial charge in [-0.2, -0.15) is 0 Å². The van der Waals surface area contributed by atoms with Gasteiger partial charge in [0.1, 0.15) is 18.3 Å². The molecule has 124 valence electrons. The Hall–Kier alpha value is -0.200. The number of hydrogen-bond acceptors (Lipinski definition) is 5. The Kier molecular flexibility index (Phi) is 6.03. The summed E-state index contributed by atoms with van der Waals surface area (Å²) >= 11 is 0. The highest BCUT2D eigenvalue weighted by Gasteiger charge is 2.55. The minimum absolute atomic E-state index is 0.160. The summed E-state index contributed by atoms with van der Waals surface area (Å²) in [4.78, 5) is 0. The Labute approximate surface area is 127 Å². The number of aliphatic hydroxyl groups is 1. The molecule has 0 aromatic carbocycles. The number of rotatable bonds is 8. The third kappa shape index (κ3) is 4.39. The fraction of sp³-hybridized carbons (Fsp3) is 1.00. The van der Waals surface area contributed by atoms with Crippen LogP contribution in [-0.2, 0) is 18.9 Å². The SMILES string of the molecule is CCCCCCCO[C@H](C)[C@H]1O[C@@H]2OC(C)(C)O[C@@H]2[C@H]1O. The third-order valence-corrected chi connectivity index (χ3v) is 4.14. The summed E-state index contributed by atoms with van der Waals surface area (Å²) in [6.45, 7) is 8.51. The zero-order valence-electron chi connectivity index (χ0n) is 13.7. The van der Waals surface area contributed by atoms with Crippen LogP contribution in [0.1, 0.15) is 59.8 Å². The van der Waals surface area contributed by atoms with Crippen LogP contribution < -0.4 is 0 Å². The molecule has 0 aromatic rings. The standard InChI is InChI=1S/C16H30O5/c1-5-6-7-8-9-10-18-11(2)13-12(17)14-15(19-13)21-16(3,4)20-14/h11-15,17H,5-10H2,1-4H3/t11-,12+,13-,14-,15-/m1/s1. The minimum Gasteiger partial charge on any atom is -0.387 e. The van der Waals surface area contributed by atoms with Crippen molar-refractivity contribution in [2.24, 2.45) is 0 Å². The molecule has 0 radical (unpaired) electrons. The molecule has 5 atom stereocenters. The van der Waals surface area contributed by atoms with Gasteiger partial charge in [-0.3, -0.25) is 0 Å². The second kappa shape index (κ2) is 7.38. The van der Waals surface area contributed by atoms with E-state index in [9.17, 15) is 5.11 Å². The van der Waals surface area contributed by atoms with Crippen LogP contribution >= 0.6 is 0 Å². The average molecular weight is 302 g/mol.